The van der Waals surface area contributed by atoms with Crippen molar-refractivity contribution >= 4 is 33.4 Å². The highest BCUT2D eigenvalue weighted by molar-refractivity contribution is 7.16. The number of esters is 1. The summed E-state index contributed by atoms with van der Waals surface area (Å²) >= 11 is 1.30. The topological polar surface area (TPSA) is 60.7 Å². The van der Waals surface area contributed by atoms with Crippen LogP contribution in [0.2, 0.25) is 0 Å². The number of hydrogen-bond acceptors (Lipinski definition) is 4. The molecular weight excluding hydrogens is 336 g/mol. The van der Waals surface area contributed by atoms with Crippen LogP contribution in [0.5, 0.6) is 0 Å². The van der Waals surface area contributed by atoms with Crippen molar-refractivity contribution in [2.75, 3.05) is 7.11 Å². The van der Waals surface area contributed by atoms with Crippen LogP contribution < -0.4 is 4.80 Å². The Morgan fingerprint density at radius 3 is 2.64 bits per heavy atom. The fraction of sp³-hybridized carbons (Fsp3) is 0.105. The quantitative estimate of drug-likeness (QED) is 0.539. The summed E-state index contributed by atoms with van der Waals surface area (Å²) in [6, 6.07) is 14.0. The van der Waals surface area contributed by atoms with Gasteiger partial charge in [-0.2, -0.15) is 4.99 Å². The third kappa shape index (κ3) is 3.37. The van der Waals surface area contributed by atoms with E-state index in [1.54, 1.807) is 47.0 Å². The lowest BCUT2D eigenvalue weighted by Crippen LogP contribution is -2.16. The van der Waals surface area contributed by atoms with E-state index in [0.717, 1.165) is 10.2 Å². The molecule has 0 radical (unpaired) electrons. The zero-order valence-electron chi connectivity index (χ0n) is 13.4. The van der Waals surface area contributed by atoms with Crippen molar-refractivity contribution in [1.29, 1.82) is 0 Å². The number of terminal acetylenes is 1. The number of nitrogens with zero attached hydrogens (tertiary/aromatic N) is 2. The minimum Gasteiger partial charge on any atom is -0.465 e. The second kappa shape index (κ2) is 7.16. The summed E-state index contributed by atoms with van der Waals surface area (Å²) in [6.07, 6.45) is 5.45. The van der Waals surface area contributed by atoms with Crippen LogP contribution in [0.25, 0.3) is 10.2 Å². The lowest BCUT2D eigenvalue weighted by molar-refractivity contribution is 0.0601. The number of carbonyl (C=O) groups is 2. The molecule has 0 aliphatic rings. The van der Waals surface area contributed by atoms with Crippen molar-refractivity contribution in [3.05, 3.63) is 64.5 Å². The molecule has 0 aliphatic carbocycles. The van der Waals surface area contributed by atoms with Crippen molar-refractivity contribution in [2.24, 2.45) is 4.99 Å². The molecular formula is C19H14N2O3S. The van der Waals surface area contributed by atoms with Gasteiger partial charge in [-0.1, -0.05) is 35.5 Å². The van der Waals surface area contributed by atoms with E-state index >= 15 is 0 Å². The van der Waals surface area contributed by atoms with Crippen molar-refractivity contribution in [2.45, 2.75) is 6.54 Å². The zero-order chi connectivity index (χ0) is 17.8. The smallest absolute Gasteiger partial charge is 0.337 e. The summed E-state index contributed by atoms with van der Waals surface area (Å²) in [5.74, 6) is 1.81. The first-order valence-corrected chi connectivity index (χ1v) is 8.25. The van der Waals surface area contributed by atoms with E-state index in [1.165, 1.54) is 18.4 Å². The van der Waals surface area contributed by atoms with Gasteiger partial charge in [0.05, 0.1) is 29.4 Å². The van der Waals surface area contributed by atoms with Crippen LogP contribution in [0, 0.1) is 12.3 Å². The molecule has 0 bridgehead atoms. The minimum absolute atomic E-state index is 0.276. The number of amides is 1. The van der Waals surface area contributed by atoms with Crippen LogP contribution in [-0.2, 0) is 11.3 Å². The minimum atomic E-state index is -0.419. The van der Waals surface area contributed by atoms with Gasteiger partial charge in [0.2, 0.25) is 0 Å². The molecule has 5 nitrogen and oxygen atoms in total. The molecule has 3 rings (SSSR count). The van der Waals surface area contributed by atoms with Crippen molar-refractivity contribution in [1.82, 2.24) is 4.57 Å². The van der Waals surface area contributed by atoms with Crippen molar-refractivity contribution in [3.63, 3.8) is 0 Å². The van der Waals surface area contributed by atoms with E-state index in [2.05, 4.69) is 10.9 Å². The van der Waals surface area contributed by atoms with Gasteiger partial charge in [0.1, 0.15) is 0 Å². The highest BCUT2D eigenvalue weighted by Crippen LogP contribution is 2.20. The van der Waals surface area contributed by atoms with Crippen LogP contribution in [-0.4, -0.2) is 23.6 Å². The van der Waals surface area contributed by atoms with E-state index in [4.69, 9.17) is 11.2 Å². The van der Waals surface area contributed by atoms with Gasteiger partial charge in [0, 0.05) is 5.56 Å². The molecule has 0 N–H and O–H groups in total. The Morgan fingerprint density at radius 1 is 1.20 bits per heavy atom. The Hall–Kier alpha value is -3.17. The van der Waals surface area contributed by atoms with E-state index < -0.39 is 5.97 Å². The van der Waals surface area contributed by atoms with Gasteiger partial charge in [0.15, 0.2) is 4.80 Å². The number of aromatic nitrogens is 1. The molecule has 0 saturated carbocycles. The van der Waals surface area contributed by atoms with Gasteiger partial charge in [0.25, 0.3) is 5.91 Å². The van der Waals surface area contributed by atoms with E-state index in [-0.39, 0.29) is 12.5 Å². The average molecular weight is 350 g/mol. The number of rotatable bonds is 3. The SMILES string of the molecule is C#CCn1c(=NC(=O)c2ccccc2)sc2cc(C(=O)OC)ccc21. The number of benzene rings is 2. The summed E-state index contributed by atoms with van der Waals surface area (Å²) in [5.41, 5.74) is 1.75. The van der Waals surface area contributed by atoms with Crippen LogP contribution in [0.4, 0.5) is 0 Å². The summed E-state index contributed by atoms with van der Waals surface area (Å²) in [6.45, 7) is 0.276. The molecule has 2 aromatic carbocycles. The standard InChI is InChI=1S/C19H14N2O3S/c1-3-11-21-15-10-9-14(18(23)24-2)12-16(15)25-19(21)20-17(22)13-7-5-4-6-8-13/h1,4-10,12H,11H2,2H3. The molecule has 1 aromatic heterocycles. The van der Waals surface area contributed by atoms with Gasteiger partial charge >= 0.3 is 5.97 Å². The summed E-state index contributed by atoms with van der Waals surface area (Å²) < 4.78 is 7.32. The number of methoxy groups -OCH3 is 1. The number of ether oxygens (including phenoxy) is 1. The molecule has 0 unspecified atom stereocenters. The molecule has 1 amide bonds. The van der Waals surface area contributed by atoms with Gasteiger partial charge in [-0.25, -0.2) is 4.79 Å². The Labute approximate surface area is 148 Å². The molecule has 6 heteroatoms. The predicted octanol–water partition coefficient (Wildman–Crippen LogP) is 2.86. The molecule has 0 spiro atoms. The molecule has 0 aliphatic heterocycles. The second-order valence-electron chi connectivity index (χ2n) is 5.13. The average Bonchev–Trinajstić information content (AvgIpc) is 2.98. The maximum Gasteiger partial charge on any atom is 0.337 e. The first-order valence-electron chi connectivity index (χ1n) is 7.43. The van der Waals surface area contributed by atoms with Gasteiger partial charge in [-0.3, -0.25) is 4.79 Å². The van der Waals surface area contributed by atoms with Crippen LogP contribution in [0.15, 0.2) is 53.5 Å². The van der Waals surface area contributed by atoms with Gasteiger partial charge in [-0.05, 0) is 30.3 Å². The highest BCUT2D eigenvalue weighted by Gasteiger charge is 2.12. The Balaban J connectivity index is 2.15. The molecule has 3 aromatic rings. The fourth-order valence-corrected chi connectivity index (χ4v) is 3.45. The largest absolute Gasteiger partial charge is 0.465 e. The maximum absolute atomic E-state index is 12.4. The maximum atomic E-state index is 12.4. The fourth-order valence-electron chi connectivity index (χ4n) is 2.38. The molecule has 124 valence electrons. The molecule has 0 fully saturated rings. The zero-order valence-corrected chi connectivity index (χ0v) is 14.2. The Kier molecular flexibility index (Phi) is 4.78. The third-order valence-electron chi connectivity index (χ3n) is 3.57. The summed E-state index contributed by atoms with van der Waals surface area (Å²) in [7, 11) is 1.33. The highest BCUT2D eigenvalue weighted by atomic mass is 32.1. The van der Waals surface area contributed by atoms with Crippen LogP contribution in [0.3, 0.4) is 0 Å². The summed E-state index contributed by atoms with van der Waals surface area (Å²) in [4.78, 5) is 28.8. The third-order valence-corrected chi connectivity index (χ3v) is 4.61. The van der Waals surface area contributed by atoms with Crippen LogP contribution in [0.1, 0.15) is 20.7 Å². The van der Waals surface area contributed by atoms with E-state index in [0.29, 0.717) is 15.9 Å². The monoisotopic (exact) mass is 350 g/mol. The number of carbonyl (C=O) groups excluding carboxylic acids is 2. The Morgan fingerprint density at radius 2 is 1.96 bits per heavy atom. The number of hydrogen-bond donors (Lipinski definition) is 0. The predicted molar refractivity (Wildman–Crippen MR) is 96.3 cm³/mol. The molecule has 0 atom stereocenters. The van der Waals surface area contributed by atoms with Gasteiger partial charge in [-0.15, -0.1) is 6.42 Å². The van der Waals surface area contributed by atoms with E-state index in [9.17, 15) is 9.59 Å². The molecule has 1 heterocycles. The van der Waals surface area contributed by atoms with E-state index in [1.807, 2.05) is 6.07 Å². The first-order chi connectivity index (χ1) is 12.1. The second-order valence-corrected chi connectivity index (χ2v) is 6.14. The number of fused-ring (bicyclic) bond motifs is 1. The van der Waals surface area contributed by atoms with Crippen molar-refractivity contribution < 1.29 is 14.3 Å². The lowest BCUT2D eigenvalue weighted by Gasteiger charge is -2.01. The number of thiazole rings is 1. The molecule has 0 saturated heterocycles. The van der Waals surface area contributed by atoms with Crippen LogP contribution >= 0.6 is 11.3 Å². The molecule has 25 heavy (non-hydrogen) atoms. The summed E-state index contributed by atoms with van der Waals surface area (Å²) in [5, 5.41) is 0. The van der Waals surface area contributed by atoms with Gasteiger partial charge < -0.3 is 9.30 Å². The lowest BCUT2D eigenvalue weighted by atomic mass is 10.2. The van der Waals surface area contributed by atoms with Crippen molar-refractivity contribution in [3.8, 4) is 12.3 Å². The normalized spacial score (nSPS) is 11.3. The first kappa shape index (κ1) is 16.7. The Bertz CT molecular complexity index is 1060.